The summed E-state index contributed by atoms with van der Waals surface area (Å²) in [5, 5.41) is 2.65. The van der Waals surface area contributed by atoms with E-state index in [4.69, 9.17) is 9.47 Å². The fourth-order valence-electron chi connectivity index (χ4n) is 0.536. The molecule has 0 N–H and O–H groups in total. The molecule has 4 heteroatoms. The van der Waals surface area contributed by atoms with E-state index >= 15 is 0 Å². The zero-order chi connectivity index (χ0) is 5.82. The lowest BCUT2D eigenvalue weighted by atomic mass is 10.5. The van der Waals surface area contributed by atoms with Crippen molar-refractivity contribution in [3.8, 4) is 0 Å². The van der Waals surface area contributed by atoms with Gasteiger partial charge in [0.15, 0.2) is 0 Å². The van der Waals surface area contributed by atoms with Gasteiger partial charge in [-0.3, -0.25) is 0 Å². The molecule has 46 valence electrons. The summed E-state index contributed by atoms with van der Waals surface area (Å²) in [6.45, 7) is 1.37. The van der Waals surface area contributed by atoms with Crippen molar-refractivity contribution in [2.24, 2.45) is 5.18 Å². The van der Waals surface area contributed by atoms with Crippen molar-refractivity contribution in [3.63, 3.8) is 0 Å². The molecule has 1 heterocycles. The maximum atomic E-state index is 9.70. The summed E-state index contributed by atoms with van der Waals surface area (Å²) < 4.78 is 9.68. The van der Waals surface area contributed by atoms with Crippen molar-refractivity contribution < 1.29 is 9.47 Å². The number of ether oxygens (including phenoxy) is 2. The maximum Gasteiger partial charge on any atom is 0.213 e. The predicted molar refractivity (Wildman–Crippen MR) is 26.4 cm³/mol. The Labute approximate surface area is 46.8 Å². The summed E-state index contributed by atoms with van der Waals surface area (Å²) in [4.78, 5) is 9.70. The van der Waals surface area contributed by atoms with Crippen LogP contribution in [0.5, 0.6) is 0 Å². The third kappa shape index (κ3) is 1.24. The Kier molecular flexibility index (Phi) is 1.93. The topological polar surface area (TPSA) is 47.9 Å². The molecular weight excluding hydrogens is 110 g/mol. The molecule has 1 fully saturated rings. The van der Waals surface area contributed by atoms with Crippen LogP contribution in [0.3, 0.4) is 0 Å². The van der Waals surface area contributed by atoms with E-state index in [-0.39, 0.29) is 0 Å². The Morgan fingerprint density at radius 3 is 2.75 bits per heavy atom. The first-order chi connectivity index (χ1) is 3.93. The summed E-state index contributed by atoms with van der Waals surface area (Å²) in [7, 11) is 0. The van der Waals surface area contributed by atoms with E-state index in [1.807, 2.05) is 0 Å². The number of nitrogens with zero attached hydrogens (tertiary/aromatic N) is 1. The van der Waals surface area contributed by atoms with Gasteiger partial charge in [-0.25, -0.2) is 0 Å². The number of rotatable bonds is 1. The van der Waals surface area contributed by atoms with Gasteiger partial charge in [0, 0.05) is 0 Å². The molecule has 1 aliphatic heterocycles. The van der Waals surface area contributed by atoms with Crippen molar-refractivity contribution in [1.29, 1.82) is 0 Å². The lowest BCUT2D eigenvalue weighted by Crippen LogP contribution is -2.26. The first kappa shape index (κ1) is 5.65. The second-order valence-corrected chi connectivity index (χ2v) is 1.51. The SMILES string of the molecule is O=NC1COCCO1. The second-order valence-electron chi connectivity index (χ2n) is 1.51. The lowest BCUT2D eigenvalue weighted by molar-refractivity contribution is -0.0844. The van der Waals surface area contributed by atoms with Crippen LogP contribution in [0.25, 0.3) is 0 Å². The molecule has 0 saturated carbocycles. The Balaban J connectivity index is 2.22. The third-order valence-corrected chi connectivity index (χ3v) is 0.916. The summed E-state index contributed by atoms with van der Waals surface area (Å²) in [6, 6.07) is 0. The average molecular weight is 117 g/mol. The average Bonchev–Trinajstić information content (AvgIpc) is 1.90. The van der Waals surface area contributed by atoms with E-state index in [1.165, 1.54) is 0 Å². The van der Waals surface area contributed by atoms with Crippen LogP contribution in [0, 0.1) is 4.91 Å². The van der Waals surface area contributed by atoms with Crippen LogP contribution in [0.4, 0.5) is 0 Å². The first-order valence-electron chi connectivity index (χ1n) is 2.45. The molecule has 1 saturated heterocycles. The minimum atomic E-state index is -0.566. The first-order valence-corrected chi connectivity index (χ1v) is 2.45. The van der Waals surface area contributed by atoms with Crippen LogP contribution in [0.15, 0.2) is 5.18 Å². The van der Waals surface area contributed by atoms with Crippen LogP contribution < -0.4 is 0 Å². The molecule has 4 nitrogen and oxygen atoms in total. The number of hydrogen-bond donors (Lipinski definition) is 0. The van der Waals surface area contributed by atoms with Crippen LogP contribution in [0.2, 0.25) is 0 Å². The predicted octanol–water partition coefficient (Wildman–Crippen LogP) is 0.126. The van der Waals surface area contributed by atoms with Gasteiger partial charge in [0.1, 0.15) is 0 Å². The smallest absolute Gasteiger partial charge is 0.213 e. The molecule has 0 spiro atoms. The fraction of sp³-hybridized carbons (Fsp3) is 1.00. The molecule has 0 amide bonds. The molecule has 0 aromatic heterocycles. The van der Waals surface area contributed by atoms with Gasteiger partial charge in [0.05, 0.1) is 19.8 Å². The summed E-state index contributed by atoms with van der Waals surface area (Å²) in [5.74, 6) is 0. The second kappa shape index (κ2) is 2.74. The van der Waals surface area contributed by atoms with E-state index < -0.39 is 6.23 Å². The lowest BCUT2D eigenvalue weighted by Gasteiger charge is -2.15. The van der Waals surface area contributed by atoms with E-state index in [0.717, 1.165) is 0 Å². The molecular formula is C4H7NO3. The van der Waals surface area contributed by atoms with Gasteiger partial charge in [-0.05, 0) is 5.18 Å². The Bertz CT molecular complexity index is 79.4. The highest BCUT2D eigenvalue weighted by Crippen LogP contribution is 1.99. The van der Waals surface area contributed by atoms with Gasteiger partial charge in [-0.15, -0.1) is 4.91 Å². The third-order valence-electron chi connectivity index (χ3n) is 0.916. The van der Waals surface area contributed by atoms with Gasteiger partial charge in [-0.2, -0.15) is 0 Å². The molecule has 1 atom stereocenters. The van der Waals surface area contributed by atoms with E-state index in [1.54, 1.807) is 0 Å². The van der Waals surface area contributed by atoms with E-state index in [0.29, 0.717) is 19.8 Å². The standard InChI is InChI=1S/C4H7NO3/c6-5-4-3-7-1-2-8-4/h4H,1-3H2. The van der Waals surface area contributed by atoms with Gasteiger partial charge in [0.25, 0.3) is 0 Å². The van der Waals surface area contributed by atoms with Crippen molar-refractivity contribution in [2.45, 2.75) is 6.23 Å². The monoisotopic (exact) mass is 117 g/mol. The molecule has 0 radical (unpaired) electrons. The quantitative estimate of drug-likeness (QED) is 0.458. The van der Waals surface area contributed by atoms with Crippen LogP contribution in [0.1, 0.15) is 0 Å². The largest absolute Gasteiger partial charge is 0.374 e. The highest BCUT2D eigenvalue weighted by atomic mass is 16.6. The molecule has 0 aromatic carbocycles. The van der Waals surface area contributed by atoms with Crippen molar-refractivity contribution in [2.75, 3.05) is 19.8 Å². The van der Waals surface area contributed by atoms with Gasteiger partial charge >= 0.3 is 0 Å². The normalized spacial score (nSPS) is 29.8. The van der Waals surface area contributed by atoms with E-state index in [9.17, 15) is 4.91 Å². The zero-order valence-corrected chi connectivity index (χ0v) is 4.37. The molecule has 0 aliphatic carbocycles. The maximum absolute atomic E-state index is 9.70. The number of hydrogen-bond acceptors (Lipinski definition) is 4. The number of nitroso groups, excluding NO2 is 1. The molecule has 1 aliphatic rings. The van der Waals surface area contributed by atoms with Gasteiger partial charge in [0.2, 0.25) is 6.23 Å². The van der Waals surface area contributed by atoms with Gasteiger partial charge in [-0.1, -0.05) is 0 Å². The van der Waals surface area contributed by atoms with Crippen molar-refractivity contribution in [3.05, 3.63) is 4.91 Å². The highest BCUT2D eigenvalue weighted by molar-refractivity contribution is 4.54. The van der Waals surface area contributed by atoms with Crippen molar-refractivity contribution in [1.82, 2.24) is 0 Å². The van der Waals surface area contributed by atoms with Crippen molar-refractivity contribution >= 4 is 0 Å². The van der Waals surface area contributed by atoms with E-state index in [2.05, 4.69) is 5.18 Å². The Hall–Kier alpha value is -0.480. The minimum absolute atomic E-state index is 0.309. The molecule has 1 rings (SSSR count). The Morgan fingerprint density at radius 2 is 2.38 bits per heavy atom. The Morgan fingerprint density at radius 1 is 1.50 bits per heavy atom. The summed E-state index contributed by atoms with van der Waals surface area (Å²) >= 11 is 0. The van der Waals surface area contributed by atoms with Crippen LogP contribution >= 0.6 is 0 Å². The van der Waals surface area contributed by atoms with Crippen LogP contribution in [-0.4, -0.2) is 26.0 Å². The molecule has 0 aromatic rings. The van der Waals surface area contributed by atoms with Gasteiger partial charge < -0.3 is 9.47 Å². The minimum Gasteiger partial charge on any atom is -0.374 e. The van der Waals surface area contributed by atoms with Crippen LogP contribution in [-0.2, 0) is 9.47 Å². The summed E-state index contributed by atoms with van der Waals surface area (Å²) in [5.41, 5.74) is 0. The fourth-order valence-corrected chi connectivity index (χ4v) is 0.536. The highest BCUT2D eigenvalue weighted by Gasteiger charge is 2.12. The zero-order valence-electron chi connectivity index (χ0n) is 4.37. The summed E-state index contributed by atoms with van der Waals surface area (Å²) in [6.07, 6.45) is -0.566. The molecule has 1 unspecified atom stereocenters. The molecule has 8 heavy (non-hydrogen) atoms. The molecule has 0 bridgehead atoms.